The van der Waals surface area contributed by atoms with Gasteiger partial charge in [0.05, 0.1) is 10.6 Å². The molecule has 1 aromatic rings. The van der Waals surface area contributed by atoms with Gasteiger partial charge in [-0.05, 0) is 49.3 Å². The summed E-state index contributed by atoms with van der Waals surface area (Å²) in [5.41, 5.74) is 0.771. The van der Waals surface area contributed by atoms with Gasteiger partial charge in [0.1, 0.15) is 6.04 Å². The van der Waals surface area contributed by atoms with E-state index in [0.29, 0.717) is 16.0 Å². The van der Waals surface area contributed by atoms with E-state index in [1.54, 1.807) is 24.3 Å². The molecule has 0 bridgehead atoms. The molecule has 1 unspecified atom stereocenters. The van der Waals surface area contributed by atoms with Crippen LogP contribution in [-0.2, 0) is 4.79 Å². The predicted molar refractivity (Wildman–Crippen MR) is 103 cm³/mol. The Morgan fingerprint density at radius 2 is 1.88 bits per heavy atom. The van der Waals surface area contributed by atoms with Gasteiger partial charge in [0.15, 0.2) is 0 Å². The maximum Gasteiger partial charge on any atom is 0.253 e. The molecule has 0 aliphatic carbocycles. The Bertz CT molecular complexity index is 661. The zero-order valence-corrected chi connectivity index (χ0v) is 16.3. The molecular weight excluding hydrogens is 350 g/mol. The summed E-state index contributed by atoms with van der Waals surface area (Å²) in [4.78, 5) is 27.6. The Morgan fingerprint density at radius 3 is 2.46 bits per heavy atom. The van der Waals surface area contributed by atoms with E-state index in [2.05, 4.69) is 10.6 Å². The third-order valence-corrected chi connectivity index (χ3v) is 6.14. The van der Waals surface area contributed by atoms with E-state index in [0.717, 1.165) is 39.0 Å². The first kappa shape index (κ1) is 19.2. The number of hydrogen-bond donors (Lipinski definition) is 2. The molecule has 2 amide bonds. The average molecular weight is 378 g/mol. The number of benzene rings is 1. The summed E-state index contributed by atoms with van der Waals surface area (Å²) in [6.07, 6.45) is 3.27. The van der Waals surface area contributed by atoms with Crippen molar-refractivity contribution in [1.29, 1.82) is 0 Å². The molecule has 0 saturated carbocycles. The van der Waals surface area contributed by atoms with Crippen LogP contribution in [0, 0.1) is 11.3 Å². The first-order chi connectivity index (χ1) is 12.4. The lowest BCUT2D eigenvalue weighted by Gasteiger charge is -2.40. The maximum absolute atomic E-state index is 13.1. The summed E-state index contributed by atoms with van der Waals surface area (Å²) < 4.78 is 0. The molecule has 2 heterocycles. The number of halogens is 1. The minimum absolute atomic E-state index is 0.0120. The molecule has 142 valence electrons. The number of carbonyl (C=O) groups excluding carboxylic acids is 2. The van der Waals surface area contributed by atoms with Crippen molar-refractivity contribution in [3.63, 3.8) is 0 Å². The van der Waals surface area contributed by atoms with Gasteiger partial charge in [0.25, 0.3) is 5.91 Å². The van der Waals surface area contributed by atoms with Crippen LogP contribution in [0.25, 0.3) is 0 Å². The van der Waals surface area contributed by atoms with E-state index in [9.17, 15) is 9.59 Å². The number of rotatable bonds is 4. The van der Waals surface area contributed by atoms with Gasteiger partial charge >= 0.3 is 0 Å². The fourth-order valence-electron chi connectivity index (χ4n) is 4.00. The number of nitrogens with zero attached hydrogens (tertiary/aromatic N) is 1. The Kier molecular flexibility index (Phi) is 5.88. The number of likely N-dealkylation sites (tertiary alicyclic amines) is 1. The molecule has 0 aromatic heterocycles. The number of piperidine rings is 1. The Hall–Kier alpha value is -1.59. The molecule has 2 saturated heterocycles. The van der Waals surface area contributed by atoms with Crippen molar-refractivity contribution < 1.29 is 9.59 Å². The van der Waals surface area contributed by atoms with Crippen LogP contribution < -0.4 is 10.6 Å². The van der Waals surface area contributed by atoms with Gasteiger partial charge in [-0.15, -0.1) is 0 Å². The summed E-state index contributed by atoms with van der Waals surface area (Å²) in [5, 5.41) is 6.75. The first-order valence-corrected chi connectivity index (χ1v) is 9.85. The van der Waals surface area contributed by atoms with Crippen molar-refractivity contribution in [2.24, 2.45) is 11.3 Å². The summed E-state index contributed by atoms with van der Waals surface area (Å²) in [6, 6.07) is 6.38. The summed E-state index contributed by atoms with van der Waals surface area (Å²) in [7, 11) is 0. The molecule has 3 rings (SSSR count). The van der Waals surface area contributed by atoms with Crippen LogP contribution in [0.3, 0.4) is 0 Å². The second kappa shape index (κ2) is 7.97. The van der Waals surface area contributed by atoms with Gasteiger partial charge in [-0.2, -0.15) is 0 Å². The third-order valence-electron chi connectivity index (χ3n) is 5.81. The Morgan fingerprint density at radius 1 is 1.19 bits per heavy atom. The number of carbonyl (C=O) groups is 2. The third kappa shape index (κ3) is 4.04. The fourth-order valence-corrected chi connectivity index (χ4v) is 4.22. The minimum Gasteiger partial charge on any atom is -0.341 e. The van der Waals surface area contributed by atoms with Gasteiger partial charge < -0.3 is 15.5 Å². The lowest BCUT2D eigenvalue weighted by Crippen LogP contribution is -2.54. The SMILES string of the molecule is CC(C)C(NC(=O)c1ccccc1Cl)C(=O)N1CCC2(CCNC2)CC1. The van der Waals surface area contributed by atoms with Gasteiger partial charge in [0, 0.05) is 19.6 Å². The zero-order chi connectivity index (χ0) is 18.7. The molecule has 6 heteroatoms. The van der Waals surface area contributed by atoms with Crippen LogP contribution in [0.15, 0.2) is 24.3 Å². The van der Waals surface area contributed by atoms with Crippen LogP contribution in [0.4, 0.5) is 0 Å². The molecule has 0 radical (unpaired) electrons. The molecule has 2 aliphatic rings. The molecule has 1 aromatic carbocycles. The highest BCUT2D eigenvalue weighted by atomic mass is 35.5. The lowest BCUT2D eigenvalue weighted by molar-refractivity contribution is -0.136. The molecule has 5 nitrogen and oxygen atoms in total. The summed E-state index contributed by atoms with van der Waals surface area (Å²) in [5.74, 6) is -0.268. The van der Waals surface area contributed by atoms with Crippen LogP contribution in [0.2, 0.25) is 5.02 Å². The molecule has 2 N–H and O–H groups in total. The number of nitrogens with one attached hydrogen (secondary N) is 2. The molecule has 2 aliphatic heterocycles. The van der Waals surface area contributed by atoms with Crippen LogP contribution >= 0.6 is 11.6 Å². The summed E-state index contributed by atoms with van der Waals surface area (Å²) in [6.45, 7) is 7.60. The van der Waals surface area contributed by atoms with Crippen molar-refractivity contribution in [2.75, 3.05) is 26.2 Å². The van der Waals surface area contributed by atoms with Gasteiger partial charge in [0.2, 0.25) is 5.91 Å². The second-order valence-corrected chi connectivity index (χ2v) is 8.33. The van der Waals surface area contributed by atoms with Gasteiger partial charge in [-0.1, -0.05) is 37.6 Å². The largest absolute Gasteiger partial charge is 0.341 e. The number of hydrogen-bond acceptors (Lipinski definition) is 3. The van der Waals surface area contributed by atoms with Gasteiger partial charge in [-0.3, -0.25) is 9.59 Å². The normalized spacial score (nSPS) is 20.4. The van der Waals surface area contributed by atoms with Gasteiger partial charge in [-0.25, -0.2) is 0 Å². The Labute approximate surface area is 160 Å². The highest BCUT2D eigenvalue weighted by Gasteiger charge is 2.39. The summed E-state index contributed by atoms with van der Waals surface area (Å²) >= 11 is 6.12. The second-order valence-electron chi connectivity index (χ2n) is 7.93. The topological polar surface area (TPSA) is 61.4 Å². The van der Waals surface area contributed by atoms with Crippen molar-refractivity contribution in [3.05, 3.63) is 34.9 Å². The molecule has 2 fully saturated rings. The van der Waals surface area contributed by atoms with Crippen molar-refractivity contribution in [2.45, 2.75) is 39.2 Å². The first-order valence-electron chi connectivity index (χ1n) is 9.47. The van der Waals surface area contributed by atoms with Crippen molar-refractivity contribution in [3.8, 4) is 0 Å². The van der Waals surface area contributed by atoms with Crippen LogP contribution in [0.5, 0.6) is 0 Å². The molecule has 1 spiro atoms. The molecule has 26 heavy (non-hydrogen) atoms. The quantitative estimate of drug-likeness (QED) is 0.848. The van der Waals surface area contributed by atoms with E-state index >= 15 is 0 Å². The fraction of sp³-hybridized carbons (Fsp3) is 0.600. The van der Waals surface area contributed by atoms with E-state index in [1.807, 2.05) is 18.7 Å². The predicted octanol–water partition coefficient (Wildman–Crippen LogP) is 2.70. The van der Waals surface area contributed by atoms with E-state index in [-0.39, 0.29) is 17.7 Å². The number of amides is 2. The van der Waals surface area contributed by atoms with Crippen molar-refractivity contribution in [1.82, 2.24) is 15.5 Å². The Balaban J connectivity index is 1.65. The van der Waals surface area contributed by atoms with E-state index in [1.165, 1.54) is 6.42 Å². The zero-order valence-electron chi connectivity index (χ0n) is 15.6. The highest BCUT2D eigenvalue weighted by Crippen LogP contribution is 2.37. The molecule has 1 atom stereocenters. The van der Waals surface area contributed by atoms with E-state index in [4.69, 9.17) is 11.6 Å². The monoisotopic (exact) mass is 377 g/mol. The average Bonchev–Trinajstić information content (AvgIpc) is 3.07. The lowest BCUT2D eigenvalue weighted by atomic mass is 9.77. The smallest absolute Gasteiger partial charge is 0.253 e. The molecular formula is C20H28ClN3O2. The van der Waals surface area contributed by atoms with Crippen LogP contribution in [-0.4, -0.2) is 48.9 Å². The van der Waals surface area contributed by atoms with E-state index < -0.39 is 6.04 Å². The highest BCUT2D eigenvalue weighted by molar-refractivity contribution is 6.33. The minimum atomic E-state index is -0.533. The van der Waals surface area contributed by atoms with Crippen LogP contribution in [0.1, 0.15) is 43.5 Å². The maximum atomic E-state index is 13.1. The van der Waals surface area contributed by atoms with Crippen molar-refractivity contribution >= 4 is 23.4 Å². The standard InChI is InChI=1S/C20H28ClN3O2/c1-14(2)17(23-18(25)15-5-3-4-6-16(15)21)19(26)24-11-8-20(9-12-24)7-10-22-13-20/h3-6,14,17,22H,7-13H2,1-2H3,(H,23,25).